The number of piperidine rings is 1. The summed E-state index contributed by atoms with van der Waals surface area (Å²) in [5.74, 6) is 1.64. The topological polar surface area (TPSA) is 60.0 Å². The van der Waals surface area contributed by atoms with Gasteiger partial charge in [-0.3, -0.25) is 9.79 Å². The first kappa shape index (κ1) is 24.5. The molecule has 0 bridgehead atoms. The number of amides is 1. The highest BCUT2D eigenvalue weighted by Crippen LogP contribution is 2.38. The van der Waals surface area contributed by atoms with Crippen molar-refractivity contribution < 1.29 is 4.79 Å². The Morgan fingerprint density at radius 1 is 1.11 bits per heavy atom. The van der Waals surface area contributed by atoms with Gasteiger partial charge in [-0.15, -0.1) is 24.0 Å². The highest BCUT2D eigenvalue weighted by molar-refractivity contribution is 14.0. The minimum Gasteiger partial charge on any atom is -0.356 e. The average molecular weight is 493 g/mol. The molecule has 158 valence electrons. The van der Waals surface area contributed by atoms with E-state index in [9.17, 15) is 4.79 Å². The molecule has 1 saturated heterocycles. The number of hydrogen-bond acceptors (Lipinski definition) is 3. The molecular formula is C20H40IN5O. The van der Waals surface area contributed by atoms with Crippen molar-refractivity contribution in [1.82, 2.24) is 20.4 Å². The monoisotopic (exact) mass is 493 g/mol. The van der Waals surface area contributed by atoms with Crippen molar-refractivity contribution in [2.45, 2.75) is 51.9 Å². The number of carbonyl (C=O) groups is 1. The minimum atomic E-state index is -0.263. The Morgan fingerprint density at radius 3 is 2.30 bits per heavy atom. The van der Waals surface area contributed by atoms with E-state index in [4.69, 9.17) is 0 Å². The molecule has 0 aromatic heterocycles. The first-order valence-corrected chi connectivity index (χ1v) is 10.4. The molecule has 1 heterocycles. The number of nitrogens with zero attached hydrogens (tertiary/aromatic N) is 3. The van der Waals surface area contributed by atoms with Crippen molar-refractivity contribution in [3.8, 4) is 0 Å². The molecule has 1 aliphatic carbocycles. The second kappa shape index (κ2) is 12.1. The standard InChI is InChI=1S/C20H39N5O.HI/c1-17(15-25-12-8-5-9-13-25)14-22-19(21-2)23-16-20(10-6-7-11-20)18(26)24(3)4;/h17H,5-16H2,1-4H3,(H2,21,22,23);1H. The predicted molar refractivity (Wildman–Crippen MR) is 124 cm³/mol. The fourth-order valence-corrected chi connectivity index (χ4v) is 4.38. The normalized spacial score (nSPS) is 21.3. The SMILES string of the molecule is CN=C(NCC(C)CN1CCCCC1)NCC1(C(=O)N(C)C)CCCC1.I. The van der Waals surface area contributed by atoms with E-state index < -0.39 is 0 Å². The molecule has 1 unspecified atom stereocenters. The van der Waals surface area contributed by atoms with E-state index in [1.165, 1.54) is 32.4 Å². The van der Waals surface area contributed by atoms with Crippen molar-refractivity contribution in [1.29, 1.82) is 0 Å². The Morgan fingerprint density at radius 2 is 1.74 bits per heavy atom. The van der Waals surface area contributed by atoms with Gasteiger partial charge in [-0.05, 0) is 44.7 Å². The molecule has 2 aliphatic rings. The highest BCUT2D eigenvalue weighted by atomic mass is 127. The fraction of sp³-hybridized carbons (Fsp3) is 0.900. The van der Waals surface area contributed by atoms with Crippen molar-refractivity contribution in [2.24, 2.45) is 16.3 Å². The van der Waals surface area contributed by atoms with Crippen LogP contribution in [-0.4, -0.2) is 75.5 Å². The fourth-order valence-electron chi connectivity index (χ4n) is 4.38. The second-order valence-electron chi connectivity index (χ2n) is 8.46. The van der Waals surface area contributed by atoms with E-state index in [2.05, 4.69) is 27.4 Å². The first-order chi connectivity index (χ1) is 12.5. The third-order valence-electron chi connectivity index (χ3n) is 5.87. The quantitative estimate of drug-likeness (QED) is 0.325. The molecule has 0 spiro atoms. The lowest BCUT2D eigenvalue weighted by molar-refractivity contribution is -0.138. The third kappa shape index (κ3) is 7.40. The smallest absolute Gasteiger partial charge is 0.230 e. The van der Waals surface area contributed by atoms with E-state index in [0.29, 0.717) is 12.5 Å². The van der Waals surface area contributed by atoms with Gasteiger partial charge >= 0.3 is 0 Å². The molecule has 0 aromatic carbocycles. The van der Waals surface area contributed by atoms with Crippen LogP contribution in [0.5, 0.6) is 0 Å². The Labute approximate surface area is 182 Å². The van der Waals surface area contributed by atoms with Gasteiger partial charge in [0.25, 0.3) is 0 Å². The highest BCUT2D eigenvalue weighted by Gasteiger charge is 2.42. The first-order valence-electron chi connectivity index (χ1n) is 10.4. The molecule has 2 N–H and O–H groups in total. The van der Waals surface area contributed by atoms with E-state index in [0.717, 1.165) is 44.7 Å². The van der Waals surface area contributed by atoms with Crippen LogP contribution in [0.25, 0.3) is 0 Å². The molecule has 0 aromatic rings. The molecular weight excluding hydrogens is 453 g/mol. The van der Waals surface area contributed by atoms with Crippen LogP contribution in [0.1, 0.15) is 51.9 Å². The summed E-state index contributed by atoms with van der Waals surface area (Å²) in [5.41, 5.74) is -0.263. The summed E-state index contributed by atoms with van der Waals surface area (Å²) in [7, 11) is 5.52. The summed E-state index contributed by atoms with van der Waals surface area (Å²) in [4.78, 5) is 21.4. The van der Waals surface area contributed by atoms with Gasteiger partial charge in [0, 0.05) is 40.8 Å². The Balaban J connectivity index is 0.00000364. The zero-order valence-corrected chi connectivity index (χ0v) is 20.1. The molecule has 1 atom stereocenters. The van der Waals surface area contributed by atoms with E-state index in [-0.39, 0.29) is 35.3 Å². The minimum absolute atomic E-state index is 0. The van der Waals surface area contributed by atoms with Gasteiger partial charge in [0.15, 0.2) is 5.96 Å². The molecule has 6 nitrogen and oxygen atoms in total. The summed E-state index contributed by atoms with van der Waals surface area (Å²) in [5, 5.41) is 6.88. The molecule has 2 fully saturated rings. The van der Waals surface area contributed by atoms with Crippen molar-refractivity contribution in [2.75, 3.05) is 53.9 Å². The van der Waals surface area contributed by atoms with Gasteiger partial charge in [-0.2, -0.15) is 0 Å². The van der Waals surface area contributed by atoms with Crippen LogP contribution in [0, 0.1) is 11.3 Å². The summed E-state index contributed by atoms with van der Waals surface area (Å²) in [6, 6.07) is 0. The number of rotatable bonds is 7. The summed E-state index contributed by atoms with van der Waals surface area (Å²) < 4.78 is 0. The maximum atomic E-state index is 12.7. The zero-order chi connectivity index (χ0) is 19.0. The summed E-state index contributed by atoms with van der Waals surface area (Å²) >= 11 is 0. The van der Waals surface area contributed by atoms with Crippen LogP contribution in [0.4, 0.5) is 0 Å². The largest absolute Gasteiger partial charge is 0.356 e. The number of hydrogen-bond donors (Lipinski definition) is 2. The third-order valence-corrected chi connectivity index (χ3v) is 5.87. The molecule has 1 amide bonds. The van der Waals surface area contributed by atoms with Crippen LogP contribution in [0.2, 0.25) is 0 Å². The number of halogens is 1. The second-order valence-corrected chi connectivity index (χ2v) is 8.46. The number of likely N-dealkylation sites (tertiary alicyclic amines) is 1. The average Bonchev–Trinajstić information content (AvgIpc) is 3.12. The van der Waals surface area contributed by atoms with Crippen molar-refractivity contribution >= 4 is 35.8 Å². The molecule has 27 heavy (non-hydrogen) atoms. The molecule has 0 radical (unpaired) electrons. The molecule has 1 saturated carbocycles. The van der Waals surface area contributed by atoms with Gasteiger partial charge < -0.3 is 20.4 Å². The number of nitrogens with one attached hydrogen (secondary N) is 2. The lowest BCUT2D eigenvalue weighted by Crippen LogP contribution is -2.50. The molecule has 1 aliphatic heterocycles. The number of aliphatic imine (C=N–C) groups is 1. The van der Waals surface area contributed by atoms with Gasteiger partial charge in [-0.1, -0.05) is 26.2 Å². The van der Waals surface area contributed by atoms with Gasteiger partial charge in [-0.25, -0.2) is 0 Å². The van der Waals surface area contributed by atoms with Crippen molar-refractivity contribution in [3.05, 3.63) is 0 Å². The predicted octanol–water partition coefficient (Wildman–Crippen LogP) is 2.54. The maximum absolute atomic E-state index is 12.7. The number of guanidine groups is 1. The Hall–Kier alpha value is -0.570. The van der Waals surface area contributed by atoms with Gasteiger partial charge in [0.2, 0.25) is 5.91 Å². The summed E-state index contributed by atoms with van der Waals surface area (Å²) in [6.07, 6.45) is 8.28. The molecule has 2 rings (SSSR count). The maximum Gasteiger partial charge on any atom is 0.230 e. The van der Waals surface area contributed by atoms with E-state index >= 15 is 0 Å². The lowest BCUT2D eigenvalue weighted by Gasteiger charge is -2.32. The lowest BCUT2D eigenvalue weighted by atomic mass is 9.84. The van der Waals surface area contributed by atoms with Gasteiger partial charge in [0.1, 0.15) is 0 Å². The summed E-state index contributed by atoms with van der Waals surface area (Å²) in [6.45, 7) is 7.50. The molecule has 7 heteroatoms. The van der Waals surface area contributed by atoms with Crippen LogP contribution in [-0.2, 0) is 4.79 Å². The van der Waals surface area contributed by atoms with Gasteiger partial charge in [0.05, 0.1) is 5.41 Å². The van der Waals surface area contributed by atoms with Crippen LogP contribution in [0.15, 0.2) is 4.99 Å². The Kier molecular flexibility index (Phi) is 11.0. The number of carbonyl (C=O) groups excluding carboxylic acids is 1. The van der Waals surface area contributed by atoms with E-state index in [1.54, 1.807) is 11.9 Å². The Bertz CT molecular complexity index is 471. The van der Waals surface area contributed by atoms with Crippen LogP contribution >= 0.6 is 24.0 Å². The van der Waals surface area contributed by atoms with Crippen LogP contribution in [0.3, 0.4) is 0 Å². The van der Waals surface area contributed by atoms with E-state index in [1.807, 2.05) is 14.1 Å². The van der Waals surface area contributed by atoms with Crippen LogP contribution < -0.4 is 10.6 Å². The van der Waals surface area contributed by atoms with Crippen molar-refractivity contribution in [3.63, 3.8) is 0 Å². The zero-order valence-electron chi connectivity index (χ0n) is 17.7.